The number of rotatable bonds is 8. The van der Waals surface area contributed by atoms with Gasteiger partial charge in [-0.1, -0.05) is 23.9 Å². The number of benzene rings is 3. The molecule has 3 aromatic carbocycles. The zero-order valence-electron chi connectivity index (χ0n) is 18.9. The number of nitrogens with one attached hydrogen (secondary N) is 1. The molecule has 0 aliphatic heterocycles. The SMILES string of the molecule is COc1ccc(-n2c(SCC(=O)N/N=C/c3ccc(OC)c(Br)c3)nc3ccccc3c2=O)cc1. The van der Waals surface area contributed by atoms with E-state index < -0.39 is 0 Å². The Bertz CT molecular complexity index is 1450. The summed E-state index contributed by atoms with van der Waals surface area (Å²) in [5.41, 5.74) is 4.27. The van der Waals surface area contributed by atoms with Crippen LogP contribution in [0.4, 0.5) is 0 Å². The van der Waals surface area contributed by atoms with E-state index >= 15 is 0 Å². The number of thioether (sulfide) groups is 1. The lowest BCUT2D eigenvalue weighted by Crippen LogP contribution is -2.24. The second-order valence-corrected chi connectivity index (χ2v) is 9.02. The van der Waals surface area contributed by atoms with Gasteiger partial charge in [-0.3, -0.25) is 14.2 Å². The van der Waals surface area contributed by atoms with Gasteiger partial charge < -0.3 is 9.47 Å². The van der Waals surface area contributed by atoms with Crippen LogP contribution in [0.3, 0.4) is 0 Å². The van der Waals surface area contributed by atoms with E-state index in [-0.39, 0.29) is 17.2 Å². The molecule has 0 radical (unpaired) electrons. The highest BCUT2D eigenvalue weighted by Crippen LogP contribution is 2.25. The molecule has 0 saturated carbocycles. The predicted octanol–water partition coefficient (Wildman–Crippen LogP) is 4.41. The van der Waals surface area contributed by atoms with E-state index in [1.54, 1.807) is 62.8 Å². The number of ether oxygens (including phenoxy) is 2. The molecule has 0 aliphatic rings. The van der Waals surface area contributed by atoms with Crippen molar-refractivity contribution in [3.8, 4) is 17.2 Å². The van der Waals surface area contributed by atoms with Gasteiger partial charge in [-0.2, -0.15) is 5.10 Å². The van der Waals surface area contributed by atoms with Crippen LogP contribution in [0.2, 0.25) is 0 Å². The second-order valence-electron chi connectivity index (χ2n) is 7.23. The number of hydrogen-bond acceptors (Lipinski definition) is 7. The summed E-state index contributed by atoms with van der Waals surface area (Å²) in [6, 6.07) is 19.7. The number of para-hydroxylation sites is 1. The van der Waals surface area contributed by atoms with Crippen LogP contribution in [0.5, 0.6) is 11.5 Å². The quantitative estimate of drug-likeness (QED) is 0.150. The van der Waals surface area contributed by atoms with Crippen molar-refractivity contribution in [2.24, 2.45) is 5.10 Å². The molecule has 1 amide bonds. The van der Waals surface area contributed by atoms with E-state index in [4.69, 9.17) is 9.47 Å². The Hall–Kier alpha value is -3.63. The Morgan fingerprint density at radius 1 is 1.11 bits per heavy atom. The molecule has 0 atom stereocenters. The van der Waals surface area contributed by atoms with Crippen LogP contribution in [-0.2, 0) is 4.79 Å². The third kappa shape index (κ3) is 5.72. The van der Waals surface area contributed by atoms with Crippen molar-refractivity contribution in [1.29, 1.82) is 0 Å². The second kappa shape index (κ2) is 11.2. The van der Waals surface area contributed by atoms with Crippen molar-refractivity contribution in [2.75, 3.05) is 20.0 Å². The molecule has 35 heavy (non-hydrogen) atoms. The average molecular weight is 553 g/mol. The third-order valence-electron chi connectivity index (χ3n) is 4.99. The fourth-order valence-electron chi connectivity index (χ4n) is 3.27. The monoisotopic (exact) mass is 552 g/mol. The minimum atomic E-state index is -0.331. The first kappa shape index (κ1) is 24.5. The van der Waals surface area contributed by atoms with Crippen LogP contribution in [0.15, 0.2) is 86.3 Å². The lowest BCUT2D eigenvalue weighted by Gasteiger charge is -2.13. The first-order chi connectivity index (χ1) is 17.0. The summed E-state index contributed by atoms with van der Waals surface area (Å²) in [6.07, 6.45) is 1.54. The number of hydrogen-bond donors (Lipinski definition) is 1. The van der Waals surface area contributed by atoms with Crippen LogP contribution in [0.1, 0.15) is 5.56 Å². The molecule has 1 heterocycles. The highest BCUT2D eigenvalue weighted by molar-refractivity contribution is 9.10. The fraction of sp³-hybridized carbons (Fsp3) is 0.120. The van der Waals surface area contributed by atoms with Gasteiger partial charge in [0.05, 0.1) is 47.3 Å². The zero-order valence-corrected chi connectivity index (χ0v) is 21.3. The third-order valence-corrected chi connectivity index (χ3v) is 6.54. The van der Waals surface area contributed by atoms with Gasteiger partial charge in [-0.25, -0.2) is 10.4 Å². The van der Waals surface area contributed by atoms with Crippen LogP contribution < -0.4 is 20.5 Å². The number of aromatic nitrogens is 2. The van der Waals surface area contributed by atoms with Crippen LogP contribution >= 0.6 is 27.7 Å². The number of carbonyl (C=O) groups excluding carboxylic acids is 1. The molecule has 0 bridgehead atoms. The molecular formula is C25H21BrN4O4S. The van der Waals surface area contributed by atoms with E-state index in [2.05, 4.69) is 31.4 Å². The summed E-state index contributed by atoms with van der Waals surface area (Å²) in [7, 11) is 3.17. The maximum absolute atomic E-state index is 13.3. The van der Waals surface area contributed by atoms with Gasteiger partial charge in [0, 0.05) is 0 Å². The van der Waals surface area contributed by atoms with Gasteiger partial charge in [-0.15, -0.1) is 0 Å². The molecule has 0 aliphatic carbocycles. The van der Waals surface area contributed by atoms with E-state index in [1.807, 2.05) is 18.2 Å². The van der Waals surface area contributed by atoms with E-state index in [1.165, 1.54) is 10.8 Å². The molecule has 178 valence electrons. The zero-order chi connectivity index (χ0) is 24.8. The molecule has 0 saturated heterocycles. The highest BCUT2D eigenvalue weighted by atomic mass is 79.9. The van der Waals surface area contributed by atoms with Crippen LogP contribution in [-0.4, -0.2) is 41.6 Å². The summed E-state index contributed by atoms with van der Waals surface area (Å²) in [6.45, 7) is 0. The Labute approximate surface area is 214 Å². The van der Waals surface area contributed by atoms with Crippen molar-refractivity contribution in [3.63, 3.8) is 0 Å². The summed E-state index contributed by atoms with van der Waals surface area (Å²) >= 11 is 4.57. The topological polar surface area (TPSA) is 94.8 Å². The molecule has 1 N–H and O–H groups in total. The van der Waals surface area contributed by atoms with E-state index in [0.29, 0.717) is 33.2 Å². The Kier molecular flexibility index (Phi) is 7.84. The molecule has 1 aromatic heterocycles. The maximum atomic E-state index is 13.3. The minimum absolute atomic E-state index is 0.0184. The lowest BCUT2D eigenvalue weighted by atomic mass is 10.2. The molecule has 4 aromatic rings. The largest absolute Gasteiger partial charge is 0.497 e. The van der Waals surface area contributed by atoms with Crippen LogP contribution in [0.25, 0.3) is 16.6 Å². The van der Waals surface area contributed by atoms with Crippen molar-refractivity contribution in [3.05, 3.63) is 87.1 Å². The van der Waals surface area contributed by atoms with Gasteiger partial charge in [0.25, 0.3) is 11.5 Å². The summed E-state index contributed by atoms with van der Waals surface area (Å²) in [4.78, 5) is 30.4. The molecule has 10 heteroatoms. The van der Waals surface area contributed by atoms with Crippen molar-refractivity contribution in [1.82, 2.24) is 15.0 Å². The molecule has 0 unspecified atom stereocenters. The smallest absolute Gasteiger partial charge is 0.266 e. The number of methoxy groups -OCH3 is 2. The Morgan fingerprint density at radius 3 is 2.60 bits per heavy atom. The van der Waals surface area contributed by atoms with Gasteiger partial charge in [-0.05, 0) is 76.1 Å². The lowest BCUT2D eigenvalue weighted by molar-refractivity contribution is -0.118. The standard InChI is InChI=1S/C25H21BrN4O4S/c1-33-18-10-8-17(9-11-18)30-24(32)19-5-3-4-6-21(19)28-25(30)35-15-23(31)29-27-14-16-7-12-22(34-2)20(26)13-16/h3-14H,15H2,1-2H3,(H,29,31)/b27-14+. The minimum Gasteiger partial charge on any atom is -0.497 e. The Morgan fingerprint density at radius 2 is 1.89 bits per heavy atom. The summed E-state index contributed by atoms with van der Waals surface area (Å²) in [5.74, 6) is 1.06. The number of hydrazone groups is 1. The molecular weight excluding hydrogens is 532 g/mol. The molecule has 8 nitrogen and oxygen atoms in total. The van der Waals surface area contributed by atoms with Gasteiger partial charge >= 0.3 is 0 Å². The molecule has 0 spiro atoms. The maximum Gasteiger partial charge on any atom is 0.266 e. The Balaban J connectivity index is 1.53. The summed E-state index contributed by atoms with van der Waals surface area (Å²) < 4.78 is 12.7. The van der Waals surface area contributed by atoms with Crippen molar-refractivity contribution in [2.45, 2.75) is 5.16 Å². The summed E-state index contributed by atoms with van der Waals surface area (Å²) in [5, 5.41) is 4.91. The number of nitrogens with zero attached hydrogens (tertiary/aromatic N) is 3. The van der Waals surface area contributed by atoms with Gasteiger partial charge in [0.15, 0.2) is 5.16 Å². The van der Waals surface area contributed by atoms with Gasteiger partial charge in [0.1, 0.15) is 11.5 Å². The van der Waals surface area contributed by atoms with E-state index in [9.17, 15) is 9.59 Å². The number of amides is 1. The molecule has 0 fully saturated rings. The van der Waals surface area contributed by atoms with E-state index in [0.717, 1.165) is 21.8 Å². The molecule has 4 rings (SSSR count). The fourth-order valence-corrected chi connectivity index (χ4v) is 4.64. The number of halogens is 1. The van der Waals surface area contributed by atoms with Crippen molar-refractivity contribution >= 4 is 50.7 Å². The average Bonchev–Trinajstić information content (AvgIpc) is 2.88. The first-order valence-electron chi connectivity index (χ1n) is 10.4. The van der Waals surface area contributed by atoms with Crippen LogP contribution in [0, 0.1) is 0 Å². The normalized spacial score (nSPS) is 11.1. The van der Waals surface area contributed by atoms with Gasteiger partial charge in [0.2, 0.25) is 0 Å². The predicted molar refractivity (Wildman–Crippen MR) is 141 cm³/mol. The van der Waals surface area contributed by atoms with Crippen molar-refractivity contribution < 1.29 is 14.3 Å². The number of fused-ring (bicyclic) bond motifs is 1. The highest BCUT2D eigenvalue weighted by Gasteiger charge is 2.15. The number of carbonyl (C=O) groups is 1. The first-order valence-corrected chi connectivity index (χ1v) is 12.2.